The van der Waals surface area contributed by atoms with Crippen molar-refractivity contribution in [2.45, 2.75) is 5.85 Å². The minimum atomic E-state index is -3.17. The van der Waals surface area contributed by atoms with Crippen LogP contribution in [0.4, 0.5) is 0 Å². The Bertz CT molecular complexity index is 146. The molecule has 0 radical (unpaired) electrons. The second kappa shape index (κ2) is 3.15. The highest BCUT2D eigenvalue weighted by Crippen LogP contribution is 2.59. The Morgan fingerprint density at radius 3 is 2.70 bits per heavy atom. The van der Waals surface area contributed by atoms with Gasteiger partial charge in [0.2, 0.25) is 0 Å². The van der Waals surface area contributed by atoms with Crippen LogP contribution in [0.5, 0.6) is 0 Å². The molecular weight excluding hydrogens is 173 g/mol. The topological polar surface area (TPSA) is 62.0 Å². The molecule has 1 rings (SSSR count). The van der Waals surface area contributed by atoms with E-state index in [4.69, 9.17) is 14.5 Å². The molecule has 0 amide bonds. The SMILES string of the molecule is O[P+](O)(S)C1C=NCCO1. The lowest BCUT2D eigenvalue weighted by Gasteiger charge is -2.16. The fourth-order valence-electron chi connectivity index (χ4n) is 0.623. The van der Waals surface area contributed by atoms with Crippen molar-refractivity contribution in [1.82, 2.24) is 0 Å². The Kier molecular flexibility index (Phi) is 2.66. The van der Waals surface area contributed by atoms with E-state index in [1.807, 2.05) is 0 Å². The summed E-state index contributed by atoms with van der Waals surface area (Å²) in [5.41, 5.74) is 0. The number of ether oxygens (including phenoxy) is 1. The molecule has 2 N–H and O–H groups in total. The predicted octanol–water partition coefficient (Wildman–Crippen LogP) is 0.0905. The molecule has 4 nitrogen and oxygen atoms in total. The van der Waals surface area contributed by atoms with Gasteiger partial charge in [-0.15, -0.1) is 0 Å². The Labute approximate surface area is 64.6 Å². The molecule has 10 heavy (non-hydrogen) atoms. The first-order valence-electron chi connectivity index (χ1n) is 2.79. The van der Waals surface area contributed by atoms with Crippen molar-refractivity contribution in [2.24, 2.45) is 4.99 Å². The first kappa shape index (κ1) is 8.43. The van der Waals surface area contributed by atoms with Gasteiger partial charge in [0.25, 0.3) is 5.85 Å². The van der Waals surface area contributed by atoms with Gasteiger partial charge in [-0.05, 0) is 0 Å². The van der Waals surface area contributed by atoms with E-state index in [0.29, 0.717) is 13.2 Å². The maximum Gasteiger partial charge on any atom is 0.360 e. The quantitative estimate of drug-likeness (QED) is 0.398. The molecule has 0 aliphatic carbocycles. The Morgan fingerprint density at radius 1 is 1.70 bits per heavy atom. The largest absolute Gasteiger partial charge is 0.360 e. The van der Waals surface area contributed by atoms with Gasteiger partial charge in [-0.1, -0.05) is 0 Å². The molecule has 0 aromatic carbocycles. The summed E-state index contributed by atoms with van der Waals surface area (Å²) >= 11 is 3.60. The van der Waals surface area contributed by atoms with E-state index in [1.54, 1.807) is 0 Å². The van der Waals surface area contributed by atoms with Gasteiger partial charge in [-0.25, -0.2) is 9.79 Å². The molecule has 58 valence electrons. The van der Waals surface area contributed by atoms with Crippen LogP contribution in [0.25, 0.3) is 0 Å². The van der Waals surface area contributed by atoms with Gasteiger partial charge < -0.3 is 4.74 Å². The molecule has 0 spiro atoms. The van der Waals surface area contributed by atoms with E-state index in [1.165, 1.54) is 6.21 Å². The number of nitrogens with zero attached hydrogens (tertiary/aromatic N) is 1. The van der Waals surface area contributed by atoms with Gasteiger partial charge in [-0.3, -0.25) is 4.99 Å². The van der Waals surface area contributed by atoms with Gasteiger partial charge >= 0.3 is 6.92 Å². The fourth-order valence-corrected chi connectivity index (χ4v) is 1.58. The van der Waals surface area contributed by atoms with Crippen LogP contribution < -0.4 is 0 Å². The summed E-state index contributed by atoms with van der Waals surface area (Å²) in [5, 5.41) is 0. The second-order valence-corrected chi connectivity index (χ2v) is 5.44. The molecular formula is C4H9NO3PS+. The zero-order valence-electron chi connectivity index (χ0n) is 5.21. The van der Waals surface area contributed by atoms with E-state index in [0.717, 1.165) is 0 Å². The monoisotopic (exact) mass is 182 g/mol. The number of hydrogen-bond donors (Lipinski definition) is 3. The van der Waals surface area contributed by atoms with Gasteiger partial charge in [0.1, 0.15) is 0 Å². The Balaban J connectivity index is 2.55. The molecule has 0 aromatic heterocycles. The molecule has 1 heterocycles. The van der Waals surface area contributed by atoms with Gasteiger partial charge in [0.05, 0.1) is 31.6 Å². The predicted molar refractivity (Wildman–Crippen MR) is 43.4 cm³/mol. The third-order valence-electron chi connectivity index (χ3n) is 1.08. The zero-order valence-corrected chi connectivity index (χ0v) is 7.00. The molecule has 1 unspecified atom stereocenters. The van der Waals surface area contributed by atoms with Crippen LogP contribution in [0, 0.1) is 0 Å². The third kappa shape index (κ3) is 2.18. The second-order valence-electron chi connectivity index (χ2n) is 1.93. The van der Waals surface area contributed by atoms with Crippen molar-refractivity contribution in [3.05, 3.63) is 0 Å². The fraction of sp³-hybridized carbons (Fsp3) is 0.750. The number of aliphatic imine (C=N–C) groups is 1. The van der Waals surface area contributed by atoms with Gasteiger partial charge in [0.15, 0.2) is 0 Å². The molecule has 1 atom stereocenters. The Morgan fingerprint density at radius 2 is 2.40 bits per heavy atom. The molecule has 0 bridgehead atoms. The number of rotatable bonds is 1. The van der Waals surface area contributed by atoms with Crippen molar-refractivity contribution < 1.29 is 14.5 Å². The lowest BCUT2D eigenvalue weighted by atomic mass is 10.6. The smallest absolute Gasteiger partial charge is 0.332 e. The highest BCUT2D eigenvalue weighted by molar-refractivity contribution is 8.49. The van der Waals surface area contributed by atoms with E-state index in [9.17, 15) is 0 Å². The van der Waals surface area contributed by atoms with Crippen LogP contribution >= 0.6 is 19.2 Å². The summed E-state index contributed by atoms with van der Waals surface area (Å²) in [7, 11) is 0. The number of thiol groups is 1. The maximum absolute atomic E-state index is 8.96. The summed E-state index contributed by atoms with van der Waals surface area (Å²) in [6.07, 6.45) is 1.39. The highest BCUT2D eigenvalue weighted by atomic mass is 32.7. The van der Waals surface area contributed by atoms with Crippen LogP contribution in [0.15, 0.2) is 4.99 Å². The number of hydrogen-bond acceptors (Lipinski definition) is 5. The van der Waals surface area contributed by atoms with Gasteiger partial charge in [-0.2, -0.15) is 0 Å². The first-order chi connectivity index (χ1) is 4.61. The molecule has 0 aromatic rings. The Hall–Kier alpha value is 0.330. The first-order valence-corrected chi connectivity index (χ1v) is 5.71. The molecule has 1 aliphatic heterocycles. The normalized spacial score (nSPS) is 26.9. The van der Waals surface area contributed by atoms with Crippen molar-refractivity contribution in [3.8, 4) is 0 Å². The molecule has 1 aliphatic rings. The van der Waals surface area contributed by atoms with Crippen LogP contribution in [-0.4, -0.2) is 35.0 Å². The highest BCUT2D eigenvalue weighted by Gasteiger charge is 2.41. The molecule has 6 heteroatoms. The summed E-state index contributed by atoms with van der Waals surface area (Å²) in [6, 6.07) is 0. The summed E-state index contributed by atoms with van der Waals surface area (Å²) in [5.74, 6) is -0.704. The maximum atomic E-state index is 8.96. The van der Waals surface area contributed by atoms with Crippen molar-refractivity contribution in [2.75, 3.05) is 13.2 Å². The molecule has 0 fully saturated rings. The van der Waals surface area contributed by atoms with E-state index in [-0.39, 0.29) is 0 Å². The van der Waals surface area contributed by atoms with Crippen LogP contribution in [0.2, 0.25) is 0 Å². The van der Waals surface area contributed by atoms with Crippen molar-refractivity contribution >= 4 is 25.4 Å². The van der Waals surface area contributed by atoms with Crippen LogP contribution in [0.1, 0.15) is 0 Å². The average molecular weight is 182 g/mol. The minimum Gasteiger partial charge on any atom is -0.332 e. The lowest BCUT2D eigenvalue weighted by Crippen LogP contribution is -2.22. The van der Waals surface area contributed by atoms with Crippen molar-refractivity contribution in [3.63, 3.8) is 0 Å². The van der Waals surface area contributed by atoms with E-state index in [2.05, 4.69) is 17.2 Å². The third-order valence-corrected chi connectivity index (χ3v) is 2.73. The average Bonchev–Trinajstić information content (AvgIpc) is 1.88. The van der Waals surface area contributed by atoms with E-state index >= 15 is 0 Å². The summed E-state index contributed by atoms with van der Waals surface area (Å²) in [6.45, 7) is -2.15. The van der Waals surface area contributed by atoms with Crippen LogP contribution in [-0.2, 0) is 4.74 Å². The zero-order chi connectivity index (χ0) is 7.61. The van der Waals surface area contributed by atoms with Crippen molar-refractivity contribution in [1.29, 1.82) is 0 Å². The molecule has 0 saturated heterocycles. The summed E-state index contributed by atoms with van der Waals surface area (Å²) in [4.78, 5) is 21.7. The lowest BCUT2D eigenvalue weighted by molar-refractivity contribution is 0.135. The summed E-state index contributed by atoms with van der Waals surface area (Å²) < 4.78 is 4.97. The van der Waals surface area contributed by atoms with Crippen LogP contribution in [0.3, 0.4) is 0 Å². The van der Waals surface area contributed by atoms with Gasteiger partial charge in [0, 0.05) is 0 Å². The minimum absolute atomic E-state index is 0.435. The standard InChI is InChI=1S/C4H9NO3PS/c6-9(7,10)4-3-5-1-2-8-4/h3-4,6-7,10H,1-2H2/q+1. The van der Waals surface area contributed by atoms with E-state index < -0.39 is 12.8 Å². The molecule has 0 saturated carbocycles.